The summed E-state index contributed by atoms with van der Waals surface area (Å²) in [5.74, 6) is -6.81. The van der Waals surface area contributed by atoms with Crippen LogP contribution in [-0.2, 0) is 20.9 Å². The third kappa shape index (κ3) is 5.06. The minimum absolute atomic E-state index is 0.0108. The first-order valence-corrected chi connectivity index (χ1v) is 8.87. The van der Waals surface area contributed by atoms with Gasteiger partial charge in [0.2, 0.25) is 5.91 Å². The number of carboxylic acids is 1. The highest BCUT2D eigenvalue weighted by atomic mass is 19.2. The molecule has 1 aliphatic heterocycles. The van der Waals surface area contributed by atoms with Crippen molar-refractivity contribution in [3.63, 3.8) is 0 Å². The average Bonchev–Trinajstić information content (AvgIpc) is 2.69. The molecule has 0 aromatic heterocycles. The van der Waals surface area contributed by atoms with Gasteiger partial charge in [-0.15, -0.1) is 0 Å². The highest BCUT2D eigenvalue weighted by Gasteiger charge is 2.62. The fourth-order valence-electron chi connectivity index (χ4n) is 3.20. The van der Waals surface area contributed by atoms with Gasteiger partial charge in [0.25, 0.3) is 0 Å². The van der Waals surface area contributed by atoms with Crippen molar-refractivity contribution in [2.75, 3.05) is 6.61 Å². The quantitative estimate of drug-likeness (QED) is 0.310. The number of carboxylic acid groups (broad SMARTS) is 1. The molecule has 1 amide bonds. The van der Waals surface area contributed by atoms with Gasteiger partial charge >= 0.3 is 11.8 Å². The number of halogens is 2. The van der Waals surface area contributed by atoms with Gasteiger partial charge < -0.3 is 35.8 Å². The van der Waals surface area contributed by atoms with Crippen LogP contribution in [0.1, 0.15) is 12.5 Å². The lowest BCUT2D eigenvalue weighted by atomic mass is 9.85. The lowest BCUT2D eigenvalue weighted by molar-refractivity contribution is -0.278. The Labute approximate surface area is 165 Å². The Morgan fingerprint density at radius 1 is 1.24 bits per heavy atom. The molecular formula is C18H24F2N2O7. The van der Waals surface area contributed by atoms with Crippen LogP contribution in [-0.4, -0.2) is 81.3 Å². The Morgan fingerprint density at radius 3 is 2.38 bits per heavy atom. The molecule has 1 aromatic rings. The smallest absolute Gasteiger partial charge is 0.372 e. The van der Waals surface area contributed by atoms with E-state index in [4.69, 9.17) is 9.84 Å². The predicted octanol–water partition coefficient (Wildman–Crippen LogP) is -1.15. The van der Waals surface area contributed by atoms with Crippen LogP contribution in [0.15, 0.2) is 30.3 Å². The number of carbonyl (C=O) groups excluding carboxylic acids is 1. The van der Waals surface area contributed by atoms with Crippen molar-refractivity contribution < 1.29 is 43.5 Å². The molecule has 162 valence electrons. The van der Waals surface area contributed by atoms with Gasteiger partial charge in [-0.3, -0.25) is 4.79 Å². The van der Waals surface area contributed by atoms with E-state index in [1.165, 1.54) is 0 Å². The summed E-state index contributed by atoms with van der Waals surface area (Å²) in [6.07, 6.45) is -8.50. The number of aliphatic hydroxyl groups is 3. The van der Waals surface area contributed by atoms with Crippen LogP contribution < -0.4 is 10.6 Å². The summed E-state index contributed by atoms with van der Waals surface area (Å²) in [6.45, 7) is 0.117. The lowest BCUT2D eigenvalue weighted by Gasteiger charge is -2.47. The molecule has 6 N–H and O–H groups in total. The van der Waals surface area contributed by atoms with Gasteiger partial charge in [0.1, 0.15) is 18.3 Å². The van der Waals surface area contributed by atoms with Gasteiger partial charge in [0.05, 0.1) is 18.7 Å². The number of hydrogen-bond donors (Lipinski definition) is 6. The molecule has 0 spiro atoms. The molecule has 0 aliphatic carbocycles. The van der Waals surface area contributed by atoms with E-state index < -0.39 is 60.9 Å². The number of amides is 1. The van der Waals surface area contributed by atoms with Crippen molar-refractivity contribution in [2.45, 2.75) is 55.9 Å². The molecule has 1 saturated heterocycles. The zero-order chi connectivity index (χ0) is 21.8. The van der Waals surface area contributed by atoms with Gasteiger partial charge in [0, 0.05) is 13.5 Å². The summed E-state index contributed by atoms with van der Waals surface area (Å²) in [7, 11) is 0. The Bertz CT molecular complexity index is 711. The van der Waals surface area contributed by atoms with Crippen LogP contribution in [0.3, 0.4) is 0 Å². The number of benzene rings is 1. The summed E-state index contributed by atoms with van der Waals surface area (Å²) in [4.78, 5) is 23.0. The van der Waals surface area contributed by atoms with Crippen LogP contribution in [0.4, 0.5) is 8.78 Å². The van der Waals surface area contributed by atoms with Crippen molar-refractivity contribution >= 4 is 11.9 Å². The van der Waals surface area contributed by atoms with Crippen LogP contribution in [0.5, 0.6) is 0 Å². The molecule has 2 rings (SSSR count). The minimum atomic E-state index is -3.86. The maximum atomic E-state index is 15.0. The van der Waals surface area contributed by atoms with E-state index in [1.54, 1.807) is 30.3 Å². The van der Waals surface area contributed by atoms with E-state index in [-0.39, 0.29) is 6.54 Å². The van der Waals surface area contributed by atoms with Crippen molar-refractivity contribution in [3.8, 4) is 0 Å². The van der Waals surface area contributed by atoms with Crippen LogP contribution in [0.25, 0.3) is 0 Å². The minimum Gasteiger partial charge on any atom is -0.477 e. The molecule has 0 saturated carbocycles. The SMILES string of the molecule is CC(=O)N[C@H]1C([C@H](O)[C@H](O)CO)O[C@@](F)(C(=O)O)[C@@H](F)C1NCc1ccccc1. The zero-order valence-corrected chi connectivity index (χ0v) is 15.5. The van der Waals surface area contributed by atoms with Gasteiger partial charge in [-0.2, -0.15) is 4.39 Å². The summed E-state index contributed by atoms with van der Waals surface area (Å²) in [5.41, 5.74) is 0.667. The standard InChI is InChI=1S/C18H24F2N2O7/c1-9(24)22-12-13(21-7-10-5-3-2-4-6-10)16(19)18(20,17(27)28)29-15(12)14(26)11(25)8-23/h2-6,11-16,21,23,25-26H,7-8H2,1H3,(H,22,24)(H,27,28)/t11-,12-,13?,14-,15?,16+,18-/m1/s1. The van der Waals surface area contributed by atoms with Crippen LogP contribution in [0.2, 0.25) is 0 Å². The first-order valence-electron chi connectivity index (χ1n) is 8.87. The van der Waals surface area contributed by atoms with Crippen LogP contribution >= 0.6 is 0 Å². The monoisotopic (exact) mass is 418 g/mol. The lowest BCUT2D eigenvalue weighted by Crippen LogP contribution is -2.74. The number of aliphatic hydroxyl groups excluding tert-OH is 3. The number of alkyl halides is 2. The fraction of sp³-hybridized carbons (Fsp3) is 0.556. The van der Waals surface area contributed by atoms with Crippen molar-refractivity contribution in [1.29, 1.82) is 0 Å². The molecule has 1 aliphatic rings. The second-order valence-electron chi connectivity index (χ2n) is 6.79. The number of carbonyl (C=O) groups is 2. The van der Waals surface area contributed by atoms with E-state index >= 15 is 0 Å². The van der Waals surface area contributed by atoms with Gasteiger partial charge in [0.15, 0.2) is 6.17 Å². The topological polar surface area (TPSA) is 148 Å². The Balaban J connectivity index is 2.41. The third-order valence-electron chi connectivity index (χ3n) is 4.68. The maximum Gasteiger partial charge on any atom is 0.372 e. The maximum absolute atomic E-state index is 15.0. The zero-order valence-electron chi connectivity index (χ0n) is 15.5. The number of aliphatic carboxylic acids is 1. The Kier molecular flexibility index (Phi) is 7.60. The molecule has 1 fully saturated rings. The van der Waals surface area contributed by atoms with E-state index in [0.717, 1.165) is 6.92 Å². The molecule has 1 heterocycles. The molecule has 7 atom stereocenters. The third-order valence-corrected chi connectivity index (χ3v) is 4.68. The second kappa shape index (κ2) is 9.55. The van der Waals surface area contributed by atoms with Crippen LogP contribution in [0, 0.1) is 0 Å². The highest BCUT2D eigenvalue weighted by molar-refractivity contribution is 5.77. The highest BCUT2D eigenvalue weighted by Crippen LogP contribution is 2.36. The molecule has 0 bridgehead atoms. The number of ether oxygens (including phenoxy) is 1. The van der Waals surface area contributed by atoms with Crippen molar-refractivity contribution in [2.24, 2.45) is 0 Å². The second-order valence-corrected chi connectivity index (χ2v) is 6.79. The van der Waals surface area contributed by atoms with Gasteiger partial charge in [-0.05, 0) is 5.56 Å². The normalized spacial score (nSPS) is 31.7. The summed E-state index contributed by atoms with van der Waals surface area (Å²) in [5, 5.41) is 43.2. The Hall–Kier alpha value is -2.18. The van der Waals surface area contributed by atoms with Gasteiger partial charge in [-0.1, -0.05) is 30.3 Å². The number of nitrogens with one attached hydrogen (secondary N) is 2. The van der Waals surface area contributed by atoms with E-state index in [1.807, 2.05) is 0 Å². The molecule has 2 unspecified atom stereocenters. The summed E-state index contributed by atoms with van der Waals surface area (Å²) >= 11 is 0. The number of hydrogen-bond acceptors (Lipinski definition) is 7. The largest absolute Gasteiger partial charge is 0.477 e. The van der Waals surface area contributed by atoms with E-state index in [9.17, 15) is 33.7 Å². The average molecular weight is 418 g/mol. The first kappa shape index (κ1) is 23.1. The summed E-state index contributed by atoms with van der Waals surface area (Å²) in [6, 6.07) is 5.45. The fourth-order valence-corrected chi connectivity index (χ4v) is 3.20. The molecule has 29 heavy (non-hydrogen) atoms. The molecular weight excluding hydrogens is 394 g/mol. The molecule has 0 radical (unpaired) electrons. The molecule has 11 heteroatoms. The van der Waals surface area contributed by atoms with Crippen molar-refractivity contribution in [1.82, 2.24) is 10.6 Å². The summed E-state index contributed by atoms with van der Waals surface area (Å²) < 4.78 is 34.6. The predicted molar refractivity (Wildman–Crippen MR) is 95.0 cm³/mol. The molecule has 9 nitrogen and oxygen atoms in total. The Morgan fingerprint density at radius 2 is 1.86 bits per heavy atom. The molecule has 1 aromatic carbocycles. The number of rotatable bonds is 8. The van der Waals surface area contributed by atoms with E-state index in [2.05, 4.69) is 10.6 Å². The van der Waals surface area contributed by atoms with Gasteiger partial charge in [-0.25, -0.2) is 9.18 Å². The van der Waals surface area contributed by atoms with E-state index in [0.29, 0.717) is 5.56 Å². The van der Waals surface area contributed by atoms with Crippen molar-refractivity contribution in [3.05, 3.63) is 35.9 Å². The first-order chi connectivity index (χ1) is 13.6.